The van der Waals surface area contributed by atoms with E-state index in [1.165, 1.54) is 28.5 Å². The number of rotatable bonds is 6. The summed E-state index contributed by atoms with van der Waals surface area (Å²) in [4.78, 5) is 24.0. The summed E-state index contributed by atoms with van der Waals surface area (Å²) in [5.74, 6) is -0.293. The van der Waals surface area contributed by atoms with Gasteiger partial charge in [-0.05, 0) is 25.5 Å². The molecule has 6 nitrogen and oxygen atoms in total. The molecule has 0 fully saturated rings. The van der Waals surface area contributed by atoms with Crippen LogP contribution in [-0.4, -0.2) is 25.9 Å². The summed E-state index contributed by atoms with van der Waals surface area (Å²) in [6.07, 6.45) is 0.784. The molecule has 0 spiro atoms. The molecule has 1 heterocycles. The predicted molar refractivity (Wildman–Crippen MR) is 98.6 cm³/mol. The summed E-state index contributed by atoms with van der Waals surface area (Å²) in [6.45, 7) is 4.20. The molecule has 1 aromatic heterocycles. The first-order valence-corrected chi connectivity index (χ1v) is 9.12. The Kier molecular flexibility index (Phi) is 6.62. The lowest BCUT2D eigenvalue weighted by molar-refractivity contribution is -0.115. The van der Waals surface area contributed by atoms with Crippen LogP contribution in [0.15, 0.2) is 22.1 Å². The number of halogens is 3. The van der Waals surface area contributed by atoms with Crippen LogP contribution < -0.4 is 11.0 Å². The van der Waals surface area contributed by atoms with Crippen molar-refractivity contribution in [2.75, 3.05) is 5.32 Å². The number of hydrogen-bond donors (Lipinski definition) is 2. The molecule has 0 aliphatic heterocycles. The van der Waals surface area contributed by atoms with Gasteiger partial charge in [0.25, 0.3) is 0 Å². The molecule has 0 bridgehead atoms. The van der Waals surface area contributed by atoms with Gasteiger partial charge in [-0.1, -0.05) is 53.5 Å². The van der Waals surface area contributed by atoms with Crippen molar-refractivity contribution in [2.24, 2.45) is 0 Å². The minimum Gasteiger partial charge on any atom is -0.324 e. The van der Waals surface area contributed by atoms with E-state index < -0.39 is 5.25 Å². The van der Waals surface area contributed by atoms with Gasteiger partial charge in [0.2, 0.25) is 5.91 Å². The van der Waals surface area contributed by atoms with Crippen LogP contribution in [0.3, 0.4) is 0 Å². The molecule has 2 rings (SSSR count). The van der Waals surface area contributed by atoms with Crippen LogP contribution in [0.1, 0.15) is 20.3 Å². The lowest BCUT2D eigenvalue weighted by Gasteiger charge is -2.13. The molecular weight excluding hydrogens is 395 g/mol. The summed E-state index contributed by atoms with van der Waals surface area (Å²) in [5.41, 5.74) is 0.0796. The van der Waals surface area contributed by atoms with E-state index in [1.54, 1.807) is 6.92 Å². The van der Waals surface area contributed by atoms with Gasteiger partial charge in [0.15, 0.2) is 5.16 Å². The Morgan fingerprint density at radius 3 is 2.67 bits per heavy atom. The van der Waals surface area contributed by atoms with Crippen LogP contribution in [0.4, 0.5) is 5.69 Å². The normalized spacial score (nSPS) is 12.2. The monoisotopic (exact) mass is 408 g/mol. The average Bonchev–Trinajstić information content (AvgIpc) is 2.86. The fraction of sp³-hybridized carbons (Fsp3) is 0.357. The summed E-state index contributed by atoms with van der Waals surface area (Å²) >= 11 is 19.0. The largest absolute Gasteiger partial charge is 0.343 e. The van der Waals surface area contributed by atoms with Gasteiger partial charge in [0, 0.05) is 6.54 Å². The number of aromatic nitrogens is 3. The van der Waals surface area contributed by atoms with Crippen molar-refractivity contribution in [3.05, 3.63) is 37.7 Å². The maximum Gasteiger partial charge on any atom is 0.343 e. The number of anilines is 1. The number of H-pyrrole nitrogens is 1. The van der Waals surface area contributed by atoms with E-state index in [1.807, 2.05) is 6.92 Å². The Balaban J connectivity index is 2.11. The lowest BCUT2D eigenvalue weighted by atomic mass is 10.3. The van der Waals surface area contributed by atoms with Gasteiger partial charge in [-0.2, -0.15) is 0 Å². The summed E-state index contributed by atoms with van der Waals surface area (Å²) in [6, 6.07) is 2.95. The number of aromatic amines is 1. The highest BCUT2D eigenvalue weighted by Gasteiger charge is 2.20. The van der Waals surface area contributed by atoms with Crippen LogP contribution in [-0.2, 0) is 11.3 Å². The van der Waals surface area contributed by atoms with Crippen molar-refractivity contribution in [1.29, 1.82) is 0 Å². The number of carbonyl (C=O) groups is 1. The average molecular weight is 410 g/mol. The quantitative estimate of drug-likeness (QED) is 0.557. The van der Waals surface area contributed by atoms with Crippen molar-refractivity contribution in [2.45, 2.75) is 37.2 Å². The number of hydrogen-bond acceptors (Lipinski definition) is 4. The maximum absolute atomic E-state index is 12.3. The molecule has 2 N–H and O–H groups in total. The zero-order chi connectivity index (χ0) is 17.9. The van der Waals surface area contributed by atoms with E-state index in [9.17, 15) is 9.59 Å². The SMILES string of the molecule is CCCn1c(SC(C)C(=O)Nc2cc(Cl)c(Cl)cc2Cl)n[nH]c1=O. The van der Waals surface area contributed by atoms with Crippen LogP contribution in [0, 0.1) is 0 Å². The fourth-order valence-electron chi connectivity index (χ4n) is 1.88. The third kappa shape index (κ3) is 4.47. The molecule has 24 heavy (non-hydrogen) atoms. The molecule has 1 unspecified atom stereocenters. The number of carbonyl (C=O) groups excluding carboxylic acids is 1. The van der Waals surface area contributed by atoms with Crippen molar-refractivity contribution >= 4 is 58.2 Å². The Labute approximate surface area is 157 Å². The number of nitrogens with zero attached hydrogens (tertiary/aromatic N) is 2. The Bertz CT molecular complexity index is 806. The summed E-state index contributed by atoms with van der Waals surface area (Å²) < 4.78 is 1.50. The second-order valence-electron chi connectivity index (χ2n) is 4.96. The minimum atomic E-state index is -0.499. The van der Waals surface area contributed by atoms with E-state index in [2.05, 4.69) is 15.5 Å². The second kappa shape index (κ2) is 8.29. The van der Waals surface area contributed by atoms with Crippen molar-refractivity contribution < 1.29 is 4.79 Å². The molecule has 10 heteroatoms. The van der Waals surface area contributed by atoms with Gasteiger partial charge in [-0.15, -0.1) is 5.10 Å². The third-order valence-electron chi connectivity index (χ3n) is 3.09. The first-order valence-electron chi connectivity index (χ1n) is 7.10. The lowest BCUT2D eigenvalue weighted by Crippen LogP contribution is -2.24. The van der Waals surface area contributed by atoms with Crippen LogP contribution in [0.5, 0.6) is 0 Å². The molecule has 0 aliphatic rings. The summed E-state index contributed by atoms with van der Waals surface area (Å²) in [5, 5.41) is 9.89. The Morgan fingerprint density at radius 1 is 1.33 bits per heavy atom. The van der Waals surface area contributed by atoms with Gasteiger partial charge < -0.3 is 5.32 Å². The highest BCUT2D eigenvalue weighted by molar-refractivity contribution is 8.00. The predicted octanol–water partition coefficient (Wildman–Crippen LogP) is 4.06. The smallest absolute Gasteiger partial charge is 0.324 e. The molecule has 2 aromatic rings. The molecule has 130 valence electrons. The number of nitrogens with one attached hydrogen (secondary N) is 2. The fourth-order valence-corrected chi connectivity index (χ4v) is 3.35. The van der Waals surface area contributed by atoms with Crippen LogP contribution >= 0.6 is 46.6 Å². The topological polar surface area (TPSA) is 79.8 Å². The standard InChI is InChI=1S/C14H15Cl3N4O2S/c1-3-4-21-13(23)19-20-14(21)24-7(2)12(22)18-11-6-9(16)8(15)5-10(11)17/h5-7H,3-4H2,1-2H3,(H,18,22)(H,19,23). The zero-order valence-corrected chi connectivity index (χ0v) is 16.0. The number of benzene rings is 1. The van der Waals surface area contributed by atoms with Crippen LogP contribution in [0.2, 0.25) is 15.1 Å². The maximum atomic E-state index is 12.3. The van der Waals surface area contributed by atoms with Crippen molar-refractivity contribution in [3.63, 3.8) is 0 Å². The Morgan fingerprint density at radius 2 is 2.00 bits per heavy atom. The first kappa shape index (κ1) is 19.2. The molecule has 0 aliphatic carbocycles. The number of amides is 1. The first-order chi connectivity index (χ1) is 11.3. The highest BCUT2D eigenvalue weighted by atomic mass is 35.5. The zero-order valence-electron chi connectivity index (χ0n) is 12.9. The molecule has 0 radical (unpaired) electrons. The van der Waals surface area contributed by atoms with E-state index >= 15 is 0 Å². The van der Waals surface area contributed by atoms with Gasteiger partial charge in [0.1, 0.15) is 0 Å². The molecule has 1 amide bonds. The molecule has 1 atom stereocenters. The van der Waals surface area contributed by atoms with Gasteiger partial charge in [-0.3, -0.25) is 9.36 Å². The molecular formula is C14H15Cl3N4O2S. The minimum absolute atomic E-state index is 0.289. The summed E-state index contributed by atoms with van der Waals surface area (Å²) in [7, 11) is 0. The highest BCUT2D eigenvalue weighted by Crippen LogP contribution is 2.32. The molecule has 0 saturated carbocycles. The van der Waals surface area contributed by atoms with Gasteiger partial charge >= 0.3 is 5.69 Å². The Hall–Kier alpha value is -1.15. The second-order valence-corrected chi connectivity index (χ2v) is 7.49. The van der Waals surface area contributed by atoms with E-state index in [0.29, 0.717) is 27.4 Å². The van der Waals surface area contributed by atoms with Crippen LogP contribution in [0.25, 0.3) is 0 Å². The van der Waals surface area contributed by atoms with E-state index in [0.717, 1.165) is 6.42 Å². The number of thioether (sulfide) groups is 1. The van der Waals surface area contributed by atoms with Crippen molar-refractivity contribution in [1.82, 2.24) is 14.8 Å². The van der Waals surface area contributed by atoms with Gasteiger partial charge in [0.05, 0.1) is 26.0 Å². The third-order valence-corrected chi connectivity index (χ3v) is 5.21. The van der Waals surface area contributed by atoms with Crippen molar-refractivity contribution in [3.8, 4) is 0 Å². The molecule has 0 saturated heterocycles. The molecule has 1 aromatic carbocycles. The van der Waals surface area contributed by atoms with E-state index in [-0.39, 0.29) is 16.6 Å². The van der Waals surface area contributed by atoms with Gasteiger partial charge in [-0.25, -0.2) is 9.89 Å². The van der Waals surface area contributed by atoms with E-state index in [4.69, 9.17) is 34.8 Å².